The number of ketones is 1. The minimum Gasteiger partial charge on any atom is -0.318 e. The molecule has 0 amide bonds. The Morgan fingerprint density at radius 2 is 1.85 bits per heavy atom. The molecule has 1 heterocycles. The first-order valence-corrected chi connectivity index (χ1v) is 4.29. The van der Waals surface area contributed by atoms with Crippen molar-refractivity contribution in [2.75, 3.05) is 0 Å². The molecule has 0 aromatic carbocycles. The van der Waals surface area contributed by atoms with Crippen LogP contribution >= 0.6 is 0 Å². The maximum atomic E-state index is 10.8. The Bertz CT molecular complexity index is 339. The number of carbonyl (C=O) groups is 1. The molecule has 0 spiro atoms. The first-order chi connectivity index (χ1) is 6.11. The number of rotatable bonds is 1. The van der Waals surface area contributed by atoms with Gasteiger partial charge in [0.25, 0.3) is 0 Å². The Morgan fingerprint density at radius 3 is 2.23 bits per heavy atom. The van der Waals surface area contributed by atoms with E-state index >= 15 is 0 Å². The van der Waals surface area contributed by atoms with Crippen molar-refractivity contribution in [1.82, 2.24) is 4.57 Å². The number of aryl methyl sites for hydroxylation is 1. The lowest BCUT2D eigenvalue weighted by Crippen LogP contribution is -2.15. The fourth-order valence-electron chi connectivity index (χ4n) is 0.802. The Balaban J connectivity index is 0.000000671. The highest BCUT2D eigenvalue weighted by Crippen LogP contribution is 1.94. The molecule has 0 aliphatic carbocycles. The lowest BCUT2D eigenvalue weighted by Gasteiger charge is -1.97. The predicted octanol–water partition coefficient (Wildman–Crippen LogP) is 1.61. The SMILES string of the molecule is CC.CC(=O)c1ccc(=O)n(C)c1. The van der Waals surface area contributed by atoms with Crippen LogP contribution in [-0.2, 0) is 7.05 Å². The average Bonchev–Trinajstić information content (AvgIpc) is 2.13. The molecule has 0 aliphatic heterocycles. The second-order valence-electron chi connectivity index (χ2n) is 2.42. The highest BCUT2D eigenvalue weighted by atomic mass is 16.1. The summed E-state index contributed by atoms with van der Waals surface area (Å²) in [6, 6.07) is 2.92. The van der Waals surface area contributed by atoms with Crippen LogP contribution in [0.3, 0.4) is 0 Å². The third-order valence-electron chi connectivity index (χ3n) is 1.49. The molecule has 0 radical (unpaired) electrons. The molecule has 0 atom stereocenters. The van der Waals surface area contributed by atoms with E-state index in [4.69, 9.17) is 0 Å². The number of carbonyl (C=O) groups excluding carboxylic acids is 1. The quantitative estimate of drug-likeness (QED) is 0.617. The van der Waals surface area contributed by atoms with Crippen LogP contribution in [0.25, 0.3) is 0 Å². The summed E-state index contributed by atoms with van der Waals surface area (Å²) >= 11 is 0. The molecule has 1 aromatic rings. The van der Waals surface area contributed by atoms with Crippen LogP contribution in [0.1, 0.15) is 31.1 Å². The molecule has 72 valence electrons. The van der Waals surface area contributed by atoms with Crippen LogP contribution in [0.4, 0.5) is 0 Å². The van der Waals surface area contributed by atoms with Crippen molar-refractivity contribution in [2.24, 2.45) is 7.05 Å². The van der Waals surface area contributed by atoms with Gasteiger partial charge in [0.15, 0.2) is 5.78 Å². The molecule has 0 bridgehead atoms. The van der Waals surface area contributed by atoms with Crippen LogP contribution in [-0.4, -0.2) is 10.4 Å². The van der Waals surface area contributed by atoms with Crippen LogP contribution in [0.5, 0.6) is 0 Å². The molecule has 3 nitrogen and oxygen atoms in total. The Morgan fingerprint density at radius 1 is 1.31 bits per heavy atom. The van der Waals surface area contributed by atoms with Gasteiger partial charge < -0.3 is 4.57 Å². The molecule has 0 fully saturated rings. The second kappa shape index (κ2) is 5.30. The van der Waals surface area contributed by atoms with Crippen LogP contribution < -0.4 is 5.56 Å². The zero-order valence-electron chi connectivity index (χ0n) is 8.50. The number of Topliss-reactive ketones (excluding diaryl/α,β-unsaturated/α-hetero) is 1. The van der Waals surface area contributed by atoms with E-state index in [1.54, 1.807) is 7.05 Å². The summed E-state index contributed by atoms with van der Waals surface area (Å²) in [5.41, 5.74) is 0.460. The standard InChI is InChI=1S/C8H9NO2.C2H6/c1-6(10)7-3-4-8(11)9(2)5-7;1-2/h3-5H,1-2H3;1-2H3. The van der Waals surface area contributed by atoms with Gasteiger partial charge in [0.2, 0.25) is 5.56 Å². The second-order valence-corrected chi connectivity index (χ2v) is 2.42. The van der Waals surface area contributed by atoms with Gasteiger partial charge in [0, 0.05) is 24.9 Å². The van der Waals surface area contributed by atoms with Crippen molar-refractivity contribution in [3.05, 3.63) is 34.2 Å². The molecule has 0 unspecified atom stereocenters. The number of hydrogen-bond acceptors (Lipinski definition) is 2. The van der Waals surface area contributed by atoms with Gasteiger partial charge in [-0.2, -0.15) is 0 Å². The zero-order valence-corrected chi connectivity index (χ0v) is 8.50. The van der Waals surface area contributed by atoms with E-state index in [1.165, 1.54) is 29.8 Å². The number of aromatic nitrogens is 1. The van der Waals surface area contributed by atoms with Gasteiger partial charge in [-0.25, -0.2) is 0 Å². The Hall–Kier alpha value is -1.38. The topological polar surface area (TPSA) is 39.1 Å². The third kappa shape index (κ3) is 3.23. The molecule has 1 aromatic heterocycles. The van der Waals surface area contributed by atoms with E-state index in [0.29, 0.717) is 5.56 Å². The summed E-state index contributed by atoms with van der Waals surface area (Å²) in [4.78, 5) is 21.6. The molecule has 0 N–H and O–H groups in total. The summed E-state index contributed by atoms with van der Waals surface area (Å²) in [5, 5.41) is 0. The average molecular weight is 181 g/mol. The lowest BCUT2D eigenvalue weighted by atomic mass is 10.2. The van der Waals surface area contributed by atoms with Crippen molar-refractivity contribution in [2.45, 2.75) is 20.8 Å². The Kier molecular flexibility index (Phi) is 4.74. The number of hydrogen-bond donors (Lipinski definition) is 0. The van der Waals surface area contributed by atoms with E-state index in [-0.39, 0.29) is 11.3 Å². The van der Waals surface area contributed by atoms with Crippen molar-refractivity contribution < 1.29 is 4.79 Å². The molecule has 1 rings (SSSR count). The first-order valence-electron chi connectivity index (χ1n) is 4.29. The molecule has 13 heavy (non-hydrogen) atoms. The predicted molar refractivity (Wildman–Crippen MR) is 53.0 cm³/mol. The van der Waals surface area contributed by atoms with Gasteiger partial charge in [-0.1, -0.05) is 13.8 Å². The molecule has 3 heteroatoms. The lowest BCUT2D eigenvalue weighted by molar-refractivity contribution is 0.101. The summed E-state index contributed by atoms with van der Waals surface area (Å²) in [6.45, 7) is 5.47. The van der Waals surface area contributed by atoms with Crippen LogP contribution in [0.15, 0.2) is 23.1 Å². The van der Waals surface area contributed by atoms with Gasteiger partial charge in [0.05, 0.1) is 0 Å². The number of nitrogens with zero attached hydrogens (tertiary/aromatic N) is 1. The van der Waals surface area contributed by atoms with Gasteiger partial charge >= 0.3 is 0 Å². The molecular formula is C10H15NO2. The summed E-state index contributed by atoms with van der Waals surface area (Å²) in [7, 11) is 1.62. The maximum Gasteiger partial charge on any atom is 0.250 e. The van der Waals surface area contributed by atoms with Gasteiger partial charge in [-0.15, -0.1) is 0 Å². The fourth-order valence-corrected chi connectivity index (χ4v) is 0.802. The maximum absolute atomic E-state index is 10.8. The minimum atomic E-state index is -0.102. The van der Waals surface area contributed by atoms with Crippen molar-refractivity contribution in [1.29, 1.82) is 0 Å². The first kappa shape index (κ1) is 11.6. The normalized spacial score (nSPS) is 8.62. The van der Waals surface area contributed by atoms with Crippen molar-refractivity contribution >= 4 is 5.78 Å². The third-order valence-corrected chi connectivity index (χ3v) is 1.49. The summed E-state index contributed by atoms with van der Waals surface area (Å²) < 4.78 is 1.39. The minimum absolute atomic E-state index is 0.0272. The monoisotopic (exact) mass is 181 g/mol. The Labute approximate surface area is 78.0 Å². The molecule has 0 saturated heterocycles. The smallest absolute Gasteiger partial charge is 0.250 e. The van der Waals surface area contributed by atoms with Crippen LogP contribution in [0.2, 0.25) is 0 Å². The van der Waals surface area contributed by atoms with Gasteiger partial charge in [-0.3, -0.25) is 9.59 Å². The van der Waals surface area contributed by atoms with Gasteiger partial charge in [0.1, 0.15) is 0 Å². The molecular weight excluding hydrogens is 166 g/mol. The largest absolute Gasteiger partial charge is 0.318 e. The van der Waals surface area contributed by atoms with Gasteiger partial charge in [-0.05, 0) is 13.0 Å². The van der Waals surface area contributed by atoms with Crippen LogP contribution in [0, 0.1) is 0 Å². The fraction of sp³-hybridized carbons (Fsp3) is 0.400. The van der Waals surface area contributed by atoms with E-state index in [9.17, 15) is 9.59 Å². The van der Waals surface area contributed by atoms with E-state index in [0.717, 1.165) is 0 Å². The van der Waals surface area contributed by atoms with Crippen molar-refractivity contribution in [3.8, 4) is 0 Å². The van der Waals surface area contributed by atoms with E-state index in [1.807, 2.05) is 13.8 Å². The molecule has 0 saturated carbocycles. The van der Waals surface area contributed by atoms with E-state index in [2.05, 4.69) is 0 Å². The summed E-state index contributed by atoms with van der Waals surface area (Å²) in [5.74, 6) is -0.0272. The summed E-state index contributed by atoms with van der Waals surface area (Å²) in [6.07, 6.45) is 1.53. The highest BCUT2D eigenvalue weighted by molar-refractivity contribution is 5.93. The highest BCUT2D eigenvalue weighted by Gasteiger charge is 1.98. The number of pyridine rings is 1. The van der Waals surface area contributed by atoms with Crippen molar-refractivity contribution in [3.63, 3.8) is 0 Å². The zero-order chi connectivity index (χ0) is 10.4. The molecule has 0 aliphatic rings. The van der Waals surface area contributed by atoms with E-state index < -0.39 is 0 Å².